The maximum atomic E-state index is 12.2. The van der Waals surface area contributed by atoms with Crippen molar-refractivity contribution in [2.75, 3.05) is 11.9 Å². The number of hydrogen-bond acceptors (Lipinski definition) is 3. The summed E-state index contributed by atoms with van der Waals surface area (Å²) in [7, 11) is 1.76. The van der Waals surface area contributed by atoms with Gasteiger partial charge in [-0.05, 0) is 43.0 Å². The van der Waals surface area contributed by atoms with E-state index >= 15 is 0 Å². The predicted octanol–water partition coefficient (Wildman–Crippen LogP) is 2.99. The molecule has 0 aliphatic carbocycles. The molecule has 0 fully saturated rings. The number of fused-ring (bicyclic) bond motifs is 1. The zero-order valence-corrected chi connectivity index (χ0v) is 12.8. The van der Waals surface area contributed by atoms with Gasteiger partial charge in [0.25, 0.3) is 0 Å². The van der Waals surface area contributed by atoms with Gasteiger partial charge in [0.05, 0.1) is 0 Å². The van der Waals surface area contributed by atoms with Crippen LogP contribution < -0.4 is 4.90 Å². The van der Waals surface area contributed by atoms with Crippen molar-refractivity contribution in [3.05, 3.63) is 29.3 Å². The highest BCUT2D eigenvalue weighted by molar-refractivity contribution is 6.01. The zero-order valence-electron chi connectivity index (χ0n) is 12.8. The Morgan fingerprint density at radius 3 is 2.82 bits per heavy atom. The molecule has 2 rings (SSSR count). The fourth-order valence-corrected chi connectivity index (χ4v) is 2.59. The summed E-state index contributed by atoms with van der Waals surface area (Å²) in [4.78, 5) is 25.5. The van der Waals surface area contributed by atoms with Crippen LogP contribution in [0.25, 0.3) is 0 Å². The van der Waals surface area contributed by atoms with Crippen molar-refractivity contribution in [1.29, 1.82) is 5.41 Å². The van der Waals surface area contributed by atoms with Crippen molar-refractivity contribution in [2.24, 2.45) is 0 Å². The number of aryl methyl sites for hydroxylation is 1. The number of terminal acetylenes is 1. The molecule has 0 saturated carbocycles. The van der Waals surface area contributed by atoms with E-state index in [4.69, 9.17) is 11.8 Å². The van der Waals surface area contributed by atoms with E-state index in [9.17, 15) is 9.59 Å². The van der Waals surface area contributed by atoms with Gasteiger partial charge in [0.15, 0.2) is 5.78 Å². The summed E-state index contributed by atoms with van der Waals surface area (Å²) < 4.78 is 0. The van der Waals surface area contributed by atoms with Crippen LogP contribution in [0, 0.1) is 17.8 Å². The molecule has 1 aromatic carbocycles. The van der Waals surface area contributed by atoms with Crippen molar-refractivity contribution in [3.63, 3.8) is 0 Å². The van der Waals surface area contributed by atoms with Crippen LogP contribution in [-0.2, 0) is 11.2 Å². The zero-order chi connectivity index (χ0) is 16.1. The molecule has 4 heteroatoms. The molecule has 22 heavy (non-hydrogen) atoms. The van der Waals surface area contributed by atoms with Crippen LogP contribution >= 0.6 is 0 Å². The average Bonchev–Trinajstić information content (AvgIpc) is 2.53. The number of anilines is 1. The number of nitrogens with zero attached hydrogens (tertiary/aromatic N) is 1. The Morgan fingerprint density at radius 1 is 1.32 bits per heavy atom. The SMILES string of the molecule is C#CCCC(=N)CCC(=O)c1ccc2c(c1)CCC(=O)N2C. The summed E-state index contributed by atoms with van der Waals surface area (Å²) in [6, 6.07) is 5.48. The molecule has 0 radical (unpaired) electrons. The first kappa shape index (κ1) is 16.0. The van der Waals surface area contributed by atoms with Crippen LogP contribution in [0.1, 0.15) is 48.0 Å². The van der Waals surface area contributed by atoms with Gasteiger partial charge in [0, 0.05) is 43.3 Å². The summed E-state index contributed by atoms with van der Waals surface area (Å²) >= 11 is 0. The Morgan fingerprint density at radius 2 is 2.09 bits per heavy atom. The van der Waals surface area contributed by atoms with E-state index in [1.807, 2.05) is 12.1 Å². The number of Topliss-reactive ketones (excluding diaryl/α,β-unsaturated/α-hetero) is 1. The van der Waals surface area contributed by atoms with Gasteiger partial charge < -0.3 is 10.3 Å². The lowest BCUT2D eigenvalue weighted by molar-refractivity contribution is -0.118. The molecule has 1 heterocycles. The Labute approximate surface area is 131 Å². The van der Waals surface area contributed by atoms with Gasteiger partial charge in [0.1, 0.15) is 0 Å². The summed E-state index contributed by atoms with van der Waals surface area (Å²) in [5.74, 6) is 2.64. The second-order valence-electron chi connectivity index (χ2n) is 5.53. The third-order valence-electron chi connectivity index (χ3n) is 3.97. The van der Waals surface area contributed by atoms with Crippen LogP contribution in [-0.4, -0.2) is 24.4 Å². The minimum absolute atomic E-state index is 0.0350. The molecule has 0 bridgehead atoms. The maximum absolute atomic E-state index is 12.2. The average molecular weight is 296 g/mol. The first-order chi connectivity index (χ1) is 10.5. The van der Waals surface area contributed by atoms with Crippen molar-refractivity contribution in [2.45, 2.75) is 38.5 Å². The molecule has 1 aliphatic heterocycles. The third-order valence-corrected chi connectivity index (χ3v) is 3.97. The standard InChI is InChI=1S/C18H20N2O2/c1-3-4-5-15(19)8-10-17(21)14-6-9-16-13(12-14)7-11-18(22)20(16)2/h1,6,9,12,19H,4-5,7-8,10-11H2,2H3. The fourth-order valence-electron chi connectivity index (χ4n) is 2.59. The number of carbonyl (C=O) groups excluding carboxylic acids is 2. The molecule has 1 amide bonds. The molecule has 0 aromatic heterocycles. The quantitative estimate of drug-likeness (QED) is 0.498. The van der Waals surface area contributed by atoms with Crippen LogP contribution in [0.5, 0.6) is 0 Å². The van der Waals surface area contributed by atoms with Crippen LogP contribution in [0.2, 0.25) is 0 Å². The van der Waals surface area contributed by atoms with Gasteiger partial charge in [-0.1, -0.05) is 0 Å². The number of hydrogen-bond donors (Lipinski definition) is 1. The molecule has 0 spiro atoms. The number of rotatable bonds is 6. The molecule has 1 N–H and O–H groups in total. The number of carbonyl (C=O) groups is 2. The molecule has 0 atom stereocenters. The molecule has 4 nitrogen and oxygen atoms in total. The van der Waals surface area contributed by atoms with E-state index in [2.05, 4.69) is 5.92 Å². The molecule has 114 valence electrons. The van der Waals surface area contributed by atoms with Crippen molar-refractivity contribution in [3.8, 4) is 12.3 Å². The minimum atomic E-state index is 0.0350. The summed E-state index contributed by atoms with van der Waals surface area (Å²) in [6.07, 6.45) is 8.22. The first-order valence-electron chi connectivity index (χ1n) is 7.45. The second-order valence-corrected chi connectivity index (χ2v) is 5.53. The van der Waals surface area contributed by atoms with Gasteiger partial charge in [-0.3, -0.25) is 9.59 Å². The number of amides is 1. The molecular formula is C18H20N2O2. The van der Waals surface area contributed by atoms with Crippen LogP contribution in [0.3, 0.4) is 0 Å². The monoisotopic (exact) mass is 296 g/mol. The number of benzene rings is 1. The van der Waals surface area contributed by atoms with Crippen molar-refractivity contribution in [1.82, 2.24) is 0 Å². The lowest BCUT2D eigenvalue weighted by Crippen LogP contribution is -2.31. The van der Waals surface area contributed by atoms with E-state index < -0.39 is 0 Å². The molecule has 1 aromatic rings. The van der Waals surface area contributed by atoms with Crippen molar-refractivity contribution >= 4 is 23.1 Å². The highest BCUT2D eigenvalue weighted by Crippen LogP contribution is 2.28. The maximum Gasteiger partial charge on any atom is 0.227 e. The minimum Gasteiger partial charge on any atom is -0.315 e. The summed E-state index contributed by atoms with van der Waals surface area (Å²) in [5.41, 5.74) is 3.10. The van der Waals surface area contributed by atoms with Crippen molar-refractivity contribution < 1.29 is 9.59 Å². The Balaban J connectivity index is 2.01. The predicted molar refractivity (Wildman–Crippen MR) is 87.5 cm³/mol. The van der Waals surface area contributed by atoms with E-state index in [-0.39, 0.29) is 11.7 Å². The first-order valence-corrected chi connectivity index (χ1v) is 7.45. The molecule has 1 aliphatic rings. The van der Waals surface area contributed by atoms with E-state index in [0.29, 0.717) is 49.8 Å². The highest BCUT2D eigenvalue weighted by atomic mass is 16.2. The number of ketones is 1. The third kappa shape index (κ3) is 3.62. The number of nitrogens with one attached hydrogen (secondary N) is 1. The van der Waals surface area contributed by atoms with Gasteiger partial charge in [-0.25, -0.2) is 0 Å². The van der Waals surface area contributed by atoms with E-state index in [0.717, 1.165) is 11.3 Å². The smallest absolute Gasteiger partial charge is 0.227 e. The summed E-state index contributed by atoms with van der Waals surface area (Å²) in [5, 5.41) is 7.76. The second kappa shape index (κ2) is 7.04. The topological polar surface area (TPSA) is 61.2 Å². The molecule has 0 unspecified atom stereocenters. The lowest BCUT2D eigenvalue weighted by atomic mass is 9.96. The lowest BCUT2D eigenvalue weighted by Gasteiger charge is -2.26. The van der Waals surface area contributed by atoms with Gasteiger partial charge in [-0.15, -0.1) is 12.3 Å². The highest BCUT2D eigenvalue weighted by Gasteiger charge is 2.21. The molecular weight excluding hydrogens is 276 g/mol. The van der Waals surface area contributed by atoms with E-state index in [1.165, 1.54) is 0 Å². The molecule has 0 saturated heterocycles. The van der Waals surface area contributed by atoms with Crippen LogP contribution in [0.4, 0.5) is 5.69 Å². The fraction of sp³-hybridized carbons (Fsp3) is 0.389. The van der Waals surface area contributed by atoms with Crippen LogP contribution in [0.15, 0.2) is 18.2 Å². The summed E-state index contributed by atoms with van der Waals surface area (Å²) in [6.45, 7) is 0. The largest absolute Gasteiger partial charge is 0.315 e. The van der Waals surface area contributed by atoms with Gasteiger partial charge in [-0.2, -0.15) is 0 Å². The van der Waals surface area contributed by atoms with E-state index in [1.54, 1.807) is 18.0 Å². The Hall–Kier alpha value is -2.41. The Kier molecular flexibility index (Phi) is 5.11. The Bertz CT molecular complexity index is 656. The van der Waals surface area contributed by atoms with Gasteiger partial charge in [0.2, 0.25) is 5.91 Å². The normalized spacial score (nSPS) is 13.5. The van der Waals surface area contributed by atoms with Gasteiger partial charge >= 0.3 is 0 Å².